The summed E-state index contributed by atoms with van der Waals surface area (Å²) in [7, 11) is 0. The summed E-state index contributed by atoms with van der Waals surface area (Å²) >= 11 is 0. The highest BCUT2D eigenvalue weighted by Gasteiger charge is 2.37. The summed E-state index contributed by atoms with van der Waals surface area (Å²) in [6, 6.07) is 7.81. The summed E-state index contributed by atoms with van der Waals surface area (Å²) in [4.78, 5) is 27.0. The lowest BCUT2D eigenvalue weighted by molar-refractivity contribution is -0.131. The van der Waals surface area contributed by atoms with Crippen LogP contribution in [0.1, 0.15) is 55.7 Å². The fourth-order valence-electron chi connectivity index (χ4n) is 3.63. The van der Waals surface area contributed by atoms with Crippen molar-refractivity contribution >= 4 is 11.8 Å². The molecule has 144 valence electrons. The Morgan fingerprint density at radius 3 is 2.59 bits per heavy atom. The third kappa shape index (κ3) is 3.75. The van der Waals surface area contributed by atoms with Crippen LogP contribution >= 0.6 is 0 Å². The van der Waals surface area contributed by atoms with E-state index in [2.05, 4.69) is 10.4 Å². The Hall–Kier alpha value is -2.63. The second-order valence-electron chi connectivity index (χ2n) is 8.11. The lowest BCUT2D eigenvalue weighted by Crippen LogP contribution is -2.44. The first-order chi connectivity index (χ1) is 12.7. The highest BCUT2D eigenvalue weighted by atomic mass is 16.2. The minimum atomic E-state index is -0.235. The van der Waals surface area contributed by atoms with E-state index in [0.29, 0.717) is 24.9 Å². The van der Waals surface area contributed by atoms with E-state index < -0.39 is 0 Å². The lowest BCUT2D eigenvalue weighted by Gasteiger charge is -2.32. The largest absolute Gasteiger partial charge is 0.347 e. The summed E-state index contributed by atoms with van der Waals surface area (Å²) in [5, 5.41) is 7.49. The minimum absolute atomic E-state index is 0.0825. The molecule has 1 aromatic carbocycles. The van der Waals surface area contributed by atoms with E-state index in [1.54, 1.807) is 6.20 Å². The van der Waals surface area contributed by atoms with Crippen molar-refractivity contribution in [3.05, 3.63) is 47.3 Å². The third-order valence-electron chi connectivity index (χ3n) is 5.06. The molecule has 1 unspecified atom stereocenters. The first-order valence-corrected chi connectivity index (χ1v) is 9.46. The van der Waals surface area contributed by atoms with Crippen LogP contribution in [0.2, 0.25) is 0 Å². The Labute approximate surface area is 160 Å². The van der Waals surface area contributed by atoms with Crippen LogP contribution < -0.4 is 5.32 Å². The third-order valence-corrected chi connectivity index (χ3v) is 5.06. The van der Waals surface area contributed by atoms with Crippen molar-refractivity contribution in [3.63, 3.8) is 0 Å². The van der Waals surface area contributed by atoms with Gasteiger partial charge in [0, 0.05) is 18.5 Å². The zero-order valence-electron chi connectivity index (χ0n) is 16.7. The Balaban J connectivity index is 1.81. The number of amides is 2. The van der Waals surface area contributed by atoms with Gasteiger partial charge in [-0.15, -0.1) is 0 Å². The van der Waals surface area contributed by atoms with Crippen LogP contribution in [0.3, 0.4) is 0 Å². The Kier molecular flexibility index (Phi) is 5.09. The molecule has 2 aromatic rings. The lowest BCUT2D eigenvalue weighted by atomic mass is 10.1. The van der Waals surface area contributed by atoms with Gasteiger partial charge < -0.3 is 10.2 Å². The average Bonchev–Trinajstić information content (AvgIpc) is 3.18. The summed E-state index contributed by atoms with van der Waals surface area (Å²) < 4.78 is 1.84. The number of aryl methyl sites for hydroxylation is 1. The van der Waals surface area contributed by atoms with E-state index >= 15 is 0 Å². The number of hydrogen-bond donors (Lipinski definition) is 1. The number of carbonyl (C=O) groups excluding carboxylic acids is 2. The second-order valence-corrected chi connectivity index (χ2v) is 8.11. The van der Waals surface area contributed by atoms with Gasteiger partial charge in [0.2, 0.25) is 5.91 Å². The maximum atomic E-state index is 12.9. The molecule has 1 N–H and O–H groups in total. The van der Waals surface area contributed by atoms with Crippen LogP contribution in [0.25, 0.3) is 5.69 Å². The van der Waals surface area contributed by atoms with Crippen LogP contribution in [0.4, 0.5) is 0 Å². The molecule has 3 rings (SSSR count). The molecule has 1 fully saturated rings. The smallest absolute Gasteiger partial charge is 0.255 e. The van der Waals surface area contributed by atoms with Crippen LogP contribution in [-0.4, -0.2) is 44.6 Å². The topological polar surface area (TPSA) is 67.2 Å². The number of carbonyl (C=O) groups is 2. The normalized spacial score (nSPS) is 17.4. The molecule has 2 heterocycles. The second kappa shape index (κ2) is 7.18. The number of para-hydroxylation sites is 1. The molecule has 1 aliphatic rings. The molecular formula is C21H28N4O2. The standard InChI is InChI=1S/C21H28N4O2/c1-6-17-16(12-22-25(17)18-10-8-7-9-14(18)2)20(27)23-15-11-19(26)24(13-15)21(3,4)5/h7-10,12,15H,6,11,13H2,1-5H3,(H,23,27). The highest BCUT2D eigenvalue weighted by molar-refractivity contribution is 5.96. The van der Waals surface area contributed by atoms with Gasteiger partial charge in [-0.2, -0.15) is 5.10 Å². The average molecular weight is 368 g/mol. The molecule has 0 saturated carbocycles. The van der Waals surface area contributed by atoms with Gasteiger partial charge in [-0.25, -0.2) is 4.68 Å². The van der Waals surface area contributed by atoms with Crippen molar-refractivity contribution in [3.8, 4) is 5.69 Å². The number of likely N-dealkylation sites (tertiary alicyclic amines) is 1. The van der Waals surface area contributed by atoms with Crippen LogP contribution in [0, 0.1) is 6.92 Å². The van der Waals surface area contributed by atoms with E-state index in [0.717, 1.165) is 16.9 Å². The zero-order chi connectivity index (χ0) is 19.8. The summed E-state index contributed by atoms with van der Waals surface area (Å²) in [6.07, 6.45) is 2.66. The number of rotatable bonds is 4. The van der Waals surface area contributed by atoms with E-state index in [9.17, 15) is 9.59 Å². The van der Waals surface area contributed by atoms with Crippen LogP contribution in [0.15, 0.2) is 30.5 Å². The molecule has 1 atom stereocenters. The molecule has 2 amide bonds. The molecule has 1 aromatic heterocycles. The van der Waals surface area contributed by atoms with Gasteiger partial charge in [0.25, 0.3) is 5.91 Å². The van der Waals surface area contributed by atoms with Crippen LogP contribution in [-0.2, 0) is 11.2 Å². The quantitative estimate of drug-likeness (QED) is 0.902. The molecule has 0 spiro atoms. The number of aromatic nitrogens is 2. The summed E-state index contributed by atoms with van der Waals surface area (Å²) in [5.74, 6) is -0.0839. The minimum Gasteiger partial charge on any atom is -0.347 e. The van der Waals surface area contributed by atoms with Crippen molar-refractivity contribution in [2.45, 2.75) is 59.0 Å². The molecule has 1 aliphatic heterocycles. The van der Waals surface area contributed by atoms with E-state index in [4.69, 9.17) is 0 Å². The first kappa shape index (κ1) is 19.1. The number of benzene rings is 1. The fourth-order valence-corrected chi connectivity index (χ4v) is 3.63. The van der Waals surface area contributed by atoms with Crippen molar-refractivity contribution in [2.75, 3.05) is 6.54 Å². The van der Waals surface area contributed by atoms with Crippen molar-refractivity contribution in [1.82, 2.24) is 20.0 Å². The number of hydrogen-bond acceptors (Lipinski definition) is 3. The SMILES string of the molecule is CCc1c(C(=O)NC2CC(=O)N(C(C)(C)C)C2)cnn1-c1ccccc1C. The van der Waals surface area contributed by atoms with Gasteiger partial charge in [-0.05, 0) is 45.7 Å². The Bertz CT molecular complexity index is 863. The Morgan fingerprint density at radius 1 is 1.30 bits per heavy atom. The number of nitrogens with zero attached hydrogens (tertiary/aromatic N) is 3. The van der Waals surface area contributed by atoms with Gasteiger partial charge >= 0.3 is 0 Å². The van der Waals surface area contributed by atoms with Gasteiger partial charge in [0.05, 0.1) is 29.2 Å². The van der Waals surface area contributed by atoms with Crippen molar-refractivity contribution in [2.24, 2.45) is 0 Å². The molecule has 0 radical (unpaired) electrons. The van der Waals surface area contributed by atoms with Gasteiger partial charge in [-0.3, -0.25) is 9.59 Å². The molecule has 0 aliphatic carbocycles. The predicted octanol–water partition coefficient (Wildman–Crippen LogP) is 2.87. The highest BCUT2D eigenvalue weighted by Crippen LogP contribution is 2.23. The van der Waals surface area contributed by atoms with E-state index in [1.165, 1.54) is 0 Å². The molecular weight excluding hydrogens is 340 g/mol. The van der Waals surface area contributed by atoms with Gasteiger partial charge in [0.15, 0.2) is 0 Å². The first-order valence-electron chi connectivity index (χ1n) is 9.46. The molecule has 27 heavy (non-hydrogen) atoms. The fraction of sp³-hybridized carbons (Fsp3) is 0.476. The summed E-state index contributed by atoms with van der Waals surface area (Å²) in [5.41, 5.74) is 3.29. The van der Waals surface area contributed by atoms with Crippen molar-refractivity contribution < 1.29 is 9.59 Å². The molecule has 1 saturated heterocycles. The van der Waals surface area contributed by atoms with E-state index in [-0.39, 0.29) is 23.4 Å². The van der Waals surface area contributed by atoms with Crippen molar-refractivity contribution in [1.29, 1.82) is 0 Å². The molecule has 6 heteroatoms. The van der Waals surface area contributed by atoms with Gasteiger partial charge in [0.1, 0.15) is 0 Å². The molecule has 6 nitrogen and oxygen atoms in total. The zero-order valence-corrected chi connectivity index (χ0v) is 16.7. The van der Waals surface area contributed by atoms with Gasteiger partial charge in [-0.1, -0.05) is 25.1 Å². The maximum Gasteiger partial charge on any atom is 0.255 e. The molecule has 0 bridgehead atoms. The maximum absolute atomic E-state index is 12.9. The predicted molar refractivity (Wildman–Crippen MR) is 105 cm³/mol. The number of nitrogens with one attached hydrogen (secondary N) is 1. The monoisotopic (exact) mass is 368 g/mol. The Morgan fingerprint density at radius 2 is 2.00 bits per heavy atom. The van der Waals surface area contributed by atoms with Crippen LogP contribution in [0.5, 0.6) is 0 Å². The summed E-state index contributed by atoms with van der Waals surface area (Å²) in [6.45, 7) is 10.6. The van der Waals surface area contributed by atoms with E-state index in [1.807, 2.05) is 68.5 Å².